The van der Waals surface area contributed by atoms with Crippen molar-refractivity contribution in [1.82, 2.24) is 4.90 Å². The zero-order valence-corrected chi connectivity index (χ0v) is 7.93. The second kappa shape index (κ2) is 5.94. The first kappa shape index (κ1) is 12.4. The molecule has 0 aliphatic heterocycles. The molecule has 78 valence electrons. The lowest BCUT2D eigenvalue weighted by Gasteiger charge is -2.18. The summed E-state index contributed by atoms with van der Waals surface area (Å²) in [6, 6.07) is 0.851. The number of hydrogen-bond acceptors (Lipinski definition) is 4. The number of carboxylic acid groups (broad SMARTS) is 1. The Labute approximate surface area is 81.9 Å². The summed E-state index contributed by atoms with van der Waals surface area (Å²) in [5.74, 6) is -1.57. The summed E-state index contributed by atoms with van der Waals surface area (Å²) >= 11 is 0. The van der Waals surface area contributed by atoms with Crippen molar-refractivity contribution in [3.63, 3.8) is 0 Å². The topological polar surface area (TPSA) is 107 Å². The molecular weight excluding hydrogens is 186 g/mol. The van der Waals surface area contributed by atoms with Crippen LogP contribution in [0, 0.1) is 11.3 Å². The van der Waals surface area contributed by atoms with Gasteiger partial charge < -0.3 is 15.7 Å². The van der Waals surface area contributed by atoms with Gasteiger partial charge >= 0.3 is 5.97 Å². The number of nitrogens with zero attached hydrogens (tertiary/aromatic N) is 2. The van der Waals surface area contributed by atoms with Gasteiger partial charge in [-0.2, -0.15) is 5.26 Å². The number of aliphatic carboxylic acids is 1. The van der Waals surface area contributed by atoms with Gasteiger partial charge in [0.2, 0.25) is 5.91 Å². The van der Waals surface area contributed by atoms with Crippen molar-refractivity contribution < 1.29 is 14.7 Å². The molecule has 0 aromatic heterocycles. The Balaban J connectivity index is 4.04. The summed E-state index contributed by atoms with van der Waals surface area (Å²) in [4.78, 5) is 22.8. The molecule has 0 heterocycles. The van der Waals surface area contributed by atoms with Crippen LogP contribution in [0.2, 0.25) is 0 Å². The van der Waals surface area contributed by atoms with E-state index in [0.717, 1.165) is 0 Å². The normalized spacial score (nSPS) is 11.5. The number of amides is 1. The van der Waals surface area contributed by atoms with Crippen molar-refractivity contribution in [3.8, 4) is 6.07 Å². The van der Waals surface area contributed by atoms with Gasteiger partial charge in [-0.15, -0.1) is 0 Å². The van der Waals surface area contributed by atoms with Gasteiger partial charge in [0.1, 0.15) is 0 Å². The van der Waals surface area contributed by atoms with E-state index in [1.54, 1.807) is 0 Å². The number of nitriles is 1. The Morgan fingerprint density at radius 1 is 1.64 bits per heavy atom. The Morgan fingerprint density at radius 3 is 2.64 bits per heavy atom. The van der Waals surface area contributed by atoms with E-state index in [2.05, 4.69) is 0 Å². The standard InChI is InChI=1S/C8H13N3O3/c1-11(4-2-3-9)8(14)6(10)5-7(12)13/h6H,2,4-5,10H2,1H3,(H,12,13). The van der Waals surface area contributed by atoms with Crippen LogP contribution in [-0.4, -0.2) is 41.5 Å². The highest BCUT2D eigenvalue weighted by molar-refractivity contribution is 5.85. The number of nitrogens with two attached hydrogens (primary N) is 1. The number of rotatable bonds is 5. The van der Waals surface area contributed by atoms with Crippen molar-refractivity contribution in [1.29, 1.82) is 5.26 Å². The second-order valence-electron chi connectivity index (χ2n) is 2.87. The van der Waals surface area contributed by atoms with Gasteiger partial charge in [0.15, 0.2) is 0 Å². The fraction of sp³-hybridized carbons (Fsp3) is 0.625. The van der Waals surface area contributed by atoms with Crippen molar-refractivity contribution in [2.75, 3.05) is 13.6 Å². The van der Waals surface area contributed by atoms with Crippen LogP contribution >= 0.6 is 0 Å². The molecule has 6 nitrogen and oxygen atoms in total. The Bertz CT molecular complexity index is 259. The van der Waals surface area contributed by atoms with Crippen LogP contribution in [0.15, 0.2) is 0 Å². The van der Waals surface area contributed by atoms with Crippen molar-refractivity contribution in [3.05, 3.63) is 0 Å². The molecule has 0 aromatic rings. The minimum atomic E-state index is -1.11. The zero-order valence-electron chi connectivity index (χ0n) is 7.93. The first-order valence-corrected chi connectivity index (χ1v) is 4.08. The highest BCUT2D eigenvalue weighted by Gasteiger charge is 2.20. The third-order valence-electron chi connectivity index (χ3n) is 1.65. The average Bonchev–Trinajstić information content (AvgIpc) is 2.11. The number of likely N-dealkylation sites (N-methyl/N-ethyl adjacent to an activating group) is 1. The minimum Gasteiger partial charge on any atom is -0.481 e. The summed E-state index contributed by atoms with van der Waals surface area (Å²) in [7, 11) is 1.49. The molecule has 1 unspecified atom stereocenters. The molecular formula is C8H13N3O3. The van der Waals surface area contributed by atoms with Crippen LogP contribution in [0.25, 0.3) is 0 Å². The molecule has 0 aliphatic rings. The smallest absolute Gasteiger partial charge is 0.305 e. The first-order valence-electron chi connectivity index (χ1n) is 4.08. The van der Waals surface area contributed by atoms with Crippen LogP contribution in [0.1, 0.15) is 12.8 Å². The van der Waals surface area contributed by atoms with E-state index in [9.17, 15) is 9.59 Å². The molecule has 0 aromatic carbocycles. The predicted molar refractivity (Wildman–Crippen MR) is 48.1 cm³/mol. The molecule has 3 N–H and O–H groups in total. The molecule has 0 rings (SSSR count). The van der Waals surface area contributed by atoms with E-state index < -0.39 is 24.3 Å². The highest BCUT2D eigenvalue weighted by atomic mass is 16.4. The van der Waals surface area contributed by atoms with Crippen LogP contribution in [-0.2, 0) is 9.59 Å². The molecule has 0 aliphatic carbocycles. The van der Waals surface area contributed by atoms with E-state index in [-0.39, 0.29) is 13.0 Å². The lowest BCUT2D eigenvalue weighted by Crippen LogP contribution is -2.43. The van der Waals surface area contributed by atoms with Gasteiger partial charge in [0.25, 0.3) is 0 Å². The fourth-order valence-electron chi connectivity index (χ4n) is 0.886. The van der Waals surface area contributed by atoms with E-state index in [1.165, 1.54) is 11.9 Å². The number of carbonyl (C=O) groups is 2. The molecule has 0 spiro atoms. The van der Waals surface area contributed by atoms with Crippen LogP contribution < -0.4 is 5.73 Å². The highest BCUT2D eigenvalue weighted by Crippen LogP contribution is 1.96. The quantitative estimate of drug-likeness (QED) is 0.600. The van der Waals surface area contributed by atoms with E-state index >= 15 is 0 Å². The summed E-state index contributed by atoms with van der Waals surface area (Å²) in [6.07, 6.45) is -0.183. The lowest BCUT2D eigenvalue weighted by atomic mass is 10.2. The molecule has 14 heavy (non-hydrogen) atoms. The predicted octanol–water partition coefficient (Wildman–Crippen LogP) is -0.840. The molecule has 6 heteroatoms. The third-order valence-corrected chi connectivity index (χ3v) is 1.65. The number of carbonyl (C=O) groups excluding carboxylic acids is 1. The van der Waals surface area contributed by atoms with Gasteiger partial charge in [-0.05, 0) is 0 Å². The fourth-order valence-corrected chi connectivity index (χ4v) is 0.886. The summed E-state index contributed by atoms with van der Waals surface area (Å²) in [5, 5.41) is 16.7. The van der Waals surface area contributed by atoms with E-state index in [4.69, 9.17) is 16.1 Å². The largest absolute Gasteiger partial charge is 0.481 e. The van der Waals surface area contributed by atoms with Crippen molar-refractivity contribution >= 4 is 11.9 Å². The van der Waals surface area contributed by atoms with Gasteiger partial charge in [-0.1, -0.05) is 0 Å². The summed E-state index contributed by atoms with van der Waals surface area (Å²) in [6.45, 7) is 0.267. The van der Waals surface area contributed by atoms with Crippen LogP contribution in [0.4, 0.5) is 0 Å². The van der Waals surface area contributed by atoms with Gasteiger partial charge in [-0.25, -0.2) is 0 Å². The van der Waals surface area contributed by atoms with E-state index in [1.807, 2.05) is 6.07 Å². The van der Waals surface area contributed by atoms with Crippen LogP contribution in [0.3, 0.4) is 0 Å². The minimum absolute atomic E-state index is 0.210. The maximum Gasteiger partial charge on any atom is 0.305 e. The molecule has 0 fully saturated rings. The Kier molecular flexibility index (Phi) is 5.26. The van der Waals surface area contributed by atoms with Gasteiger partial charge in [0.05, 0.1) is 25.0 Å². The summed E-state index contributed by atoms with van der Waals surface area (Å²) < 4.78 is 0. The number of carboxylic acids is 1. The van der Waals surface area contributed by atoms with Crippen molar-refractivity contribution in [2.24, 2.45) is 5.73 Å². The average molecular weight is 199 g/mol. The maximum atomic E-state index is 11.3. The molecule has 0 saturated carbocycles. The van der Waals surface area contributed by atoms with E-state index in [0.29, 0.717) is 0 Å². The third kappa shape index (κ3) is 4.42. The lowest BCUT2D eigenvalue weighted by molar-refractivity contribution is -0.141. The molecule has 1 atom stereocenters. The van der Waals surface area contributed by atoms with Gasteiger partial charge in [-0.3, -0.25) is 9.59 Å². The van der Waals surface area contributed by atoms with Gasteiger partial charge in [0, 0.05) is 13.6 Å². The molecule has 1 amide bonds. The van der Waals surface area contributed by atoms with Crippen molar-refractivity contribution in [2.45, 2.75) is 18.9 Å². The zero-order chi connectivity index (χ0) is 11.1. The second-order valence-corrected chi connectivity index (χ2v) is 2.87. The Morgan fingerprint density at radius 2 is 2.21 bits per heavy atom. The molecule has 0 radical (unpaired) electrons. The molecule has 0 saturated heterocycles. The maximum absolute atomic E-state index is 11.3. The SMILES string of the molecule is CN(CCC#N)C(=O)C(N)CC(=O)O. The molecule has 0 bridgehead atoms. The summed E-state index contributed by atoms with van der Waals surface area (Å²) in [5.41, 5.74) is 5.34. The monoisotopic (exact) mass is 199 g/mol. The van der Waals surface area contributed by atoms with Crippen LogP contribution in [0.5, 0.6) is 0 Å². The Hall–Kier alpha value is -1.61. The first-order chi connectivity index (χ1) is 6.49. The number of hydrogen-bond donors (Lipinski definition) is 2.